The van der Waals surface area contributed by atoms with Gasteiger partial charge >= 0.3 is 18.1 Å². The molecule has 7 heteroatoms. The summed E-state index contributed by atoms with van der Waals surface area (Å²) in [6, 6.07) is 1.65. The molecule has 0 aromatic carbocycles. The maximum absolute atomic E-state index is 5.82. The highest BCUT2D eigenvalue weighted by molar-refractivity contribution is 6.62. The van der Waals surface area contributed by atoms with Crippen molar-refractivity contribution in [3.63, 3.8) is 0 Å². The first-order valence-corrected chi connectivity index (χ1v) is 11.0. The zero-order valence-corrected chi connectivity index (χ0v) is 15.2. The van der Waals surface area contributed by atoms with Gasteiger partial charge in [-0.15, -0.1) is 0 Å². The topological polar surface area (TPSA) is 46.2 Å². The van der Waals surface area contributed by atoms with Crippen LogP contribution in [0.15, 0.2) is 0 Å². The summed E-state index contributed by atoms with van der Waals surface area (Å²) in [6.07, 6.45) is 0. The quantitative estimate of drug-likeness (QED) is 0.489. The van der Waals surface area contributed by atoms with Crippen molar-refractivity contribution < 1.29 is 22.1 Å². The lowest BCUT2D eigenvalue weighted by Crippen LogP contribution is -2.47. The molecule has 0 atom stereocenters. The lowest BCUT2D eigenvalue weighted by atomic mass is 10.9. The Hall–Kier alpha value is 0.234. The Balaban J connectivity index is 4.49. The van der Waals surface area contributed by atoms with E-state index in [4.69, 9.17) is 22.1 Å². The van der Waals surface area contributed by atoms with Crippen LogP contribution in [0.4, 0.5) is 0 Å². The van der Waals surface area contributed by atoms with E-state index in [1.165, 1.54) is 0 Å². The van der Waals surface area contributed by atoms with E-state index in [1.54, 1.807) is 0 Å². The Bertz CT molecular complexity index is 184. The highest BCUT2D eigenvalue weighted by Crippen LogP contribution is 2.20. The second kappa shape index (κ2) is 12.0. The molecular weight excluding hydrogens is 280 g/mol. The summed E-state index contributed by atoms with van der Waals surface area (Å²) < 4.78 is 28.8. The largest absolute Gasteiger partial charge is 0.500 e. The van der Waals surface area contributed by atoms with Gasteiger partial charge in [0.1, 0.15) is 0 Å². The van der Waals surface area contributed by atoms with Crippen LogP contribution in [0.25, 0.3) is 0 Å². The molecule has 116 valence electrons. The van der Waals surface area contributed by atoms with Gasteiger partial charge in [-0.2, -0.15) is 0 Å². The SMILES string of the molecule is CCO[SiH](CC[Si](OCC)(OCC)OCC)OCC. The molecule has 0 spiro atoms. The van der Waals surface area contributed by atoms with E-state index in [9.17, 15) is 0 Å². The maximum atomic E-state index is 5.82. The van der Waals surface area contributed by atoms with Crippen molar-refractivity contribution >= 4 is 18.1 Å². The van der Waals surface area contributed by atoms with Crippen LogP contribution in [0, 0.1) is 0 Å². The standard InChI is InChI=1S/C12H30O5Si2/c1-6-13-18(14-7-2)11-12-19(15-8-3,16-9-4)17-10-5/h18H,6-12H2,1-5H3. The van der Waals surface area contributed by atoms with Gasteiger partial charge < -0.3 is 22.1 Å². The Morgan fingerprint density at radius 1 is 0.684 bits per heavy atom. The Labute approximate surface area is 120 Å². The van der Waals surface area contributed by atoms with Gasteiger partial charge in [-0.05, 0) is 40.7 Å². The summed E-state index contributed by atoms with van der Waals surface area (Å²) in [5.74, 6) is 0. The summed E-state index contributed by atoms with van der Waals surface area (Å²) in [5.41, 5.74) is 0. The van der Waals surface area contributed by atoms with Crippen LogP contribution in [0.1, 0.15) is 34.6 Å². The zero-order valence-electron chi connectivity index (χ0n) is 13.1. The summed E-state index contributed by atoms with van der Waals surface area (Å²) in [5, 5.41) is 0. The molecule has 0 N–H and O–H groups in total. The number of rotatable bonds is 13. The van der Waals surface area contributed by atoms with Crippen molar-refractivity contribution in [1.29, 1.82) is 0 Å². The molecule has 5 nitrogen and oxygen atoms in total. The van der Waals surface area contributed by atoms with Gasteiger partial charge in [0.15, 0.2) is 0 Å². The van der Waals surface area contributed by atoms with Crippen molar-refractivity contribution in [3.05, 3.63) is 0 Å². The van der Waals surface area contributed by atoms with Crippen LogP contribution < -0.4 is 0 Å². The van der Waals surface area contributed by atoms with Crippen molar-refractivity contribution in [2.45, 2.75) is 46.7 Å². The van der Waals surface area contributed by atoms with Crippen molar-refractivity contribution in [3.8, 4) is 0 Å². The van der Waals surface area contributed by atoms with Gasteiger partial charge in [0, 0.05) is 39.1 Å². The smallest absolute Gasteiger partial charge is 0.397 e. The van der Waals surface area contributed by atoms with Gasteiger partial charge in [-0.25, -0.2) is 0 Å². The first-order chi connectivity index (χ1) is 9.17. The summed E-state index contributed by atoms with van der Waals surface area (Å²) in [7, 11) is -4.16. The third kappa shape index (κ3) is 8.18. The molecule has 0 heterocycles. The van der Waals surface area contributed by atoms with Crippen LogP contribution in [-0.4, -0.2) is 51.1 Å². The fraction of sp³-hybridized carbons (Fsp3) is 1.00. The van der Waals surface area contributed by atoms with Crippen molar-refractivity contribution in [1.82, 2.24) is 0 Å². The second-order valence-corrected chi connectivity index (χ2v) is 8.70. The Kier molecular flexibility index (Phi) is 12.2. The molecule has 0 saturated carbocycles. The fourth-order valence-electron chi connectivity index (χ4n) is 1.88. The van der Waals surface area contributed by atoms with E-state index >= 15 is 0 Å². The van der Waals surface area contributed by atoms with Gasteiger partial charge in [-0.1, -0.05) is 0 Å². The predicted octanol–water partition coefficient (Wildman–Crippen LogP) is 2.33. The first-order valence-electron chi connectivity index (χ1n) is 7.32. The van der Waals surface area contributed by atoms with E-state index in [0.29, 0.717) is 33.0 Å². The Morgan fingerprint density at radius 3 is 1.42 bits per heavy atom. The molecule has 0 saturated heterocycles. The molecule has 0 radical (unpaired) electrons. The minimum absolute atomic E-state index is 0.613. The highest BCUT2D eigenvalue weighted by atomic mass is 28.4. The Morgan fingerprint density at radius 2 is 1.11 bits per heavy atom. The third-order valence-electron chi connectivity index (χ3n) is 2.48. The van der Waals surface area contributed by atoms with Crippen LogP contribution in [-0.2, 0) is 22.1 Å². The van der Waals surface area contributed by atoms with E-state index < -0.39 is 18.1 Å². The van der Waals surface area contributed by atoms with Crippen LogP contribution in [0.2, 0.25) is 12.1 Å². The molecule has 0 aliphatic heterocycles. The molecule has 0 aliphatic carbocycles. The predicted molar refractivity (Wildman–Crippen MR) is 80.6 cm³/mol. The summed E-state index contributed by atoms with van der Waals surface area (Å²) in [4.78, 5) is 0. The molecule has 0 aromatic rings. The van der Waals surface area contributed by atoms with Crippen molar-refractivity contribution in [2.75, 3.05) is 33.0 Å². The lowest BCUT2D eigenvalue weighted by molar-refractivity contribution is 0.0716. The normalized spacial score (nSPS) is 12.3. The van der Waals surface area contributed by atoms with Gasteiger partial charge in [0.25, 0.3) is 0 Å². The van der Waals surface area contributed by atoms with Crippen LogP contribution in [0.5, 0.6) is 0 Å². The lowest BCUT2D eigenvalue weighted by Gasteiger charge is -2.29. The van der Waals surface area contributed by atoms with Crippen LogP contribution >= 0.6 is 0 Å². The maximum Gasteiger partial charge on any atom is 0.500 e. The van der Waals surface area contributed by atoms with Gasteiger partial charge in [0.05, 0.1) is 0 Å². The van der Waals surface area contributed by atoms with Gasteiger partial charge in [0.2, 0.25) is 0 Å². The van der Waals surface area contributed by atoms with Crippen LogP contribution in [0.3, 0.4) is 0 Å². The van der Waals surface area contributed by atoms with Crippen molar-refractivity contribution in [2.24, 2.45) is 0 Å². The number of hydrogen-bond donors (Lipinski definition) is 0. The van der Waals surface area contributed by atoms with E-state index in [0.717, 1.165) is 12.1 Å². The van der Waals surface area contributed by atoms with E-state index in [-0.39, 0.29) is 0 Å². The summed E-state index contributed by atoms with van der Waals surface area (Å²) in [6.45, 7) is 13.1. The zero-order chi connectivity index (χ0) is 14.6. The molecule has 0 aromatic heterocycles. The fourth-order valence-corrected chi connectivity index (χ4v) is 7.42. The molecule has 0 bridgehead atoms. The second-order valence-electron chi connectivity index (χ2n) is 3.86. The molecule has 0 rings (SSSR count). The molecule has 0 amide bonds. The molecule has 0 fully saturated rings. The average molecular weight is 311 g/mol. The monoisotopic (exact) mass is 310 g/mol. The average Bonchev–Trinajstić information content (AvgIpc) is 2.37. The molecule has 19 heavy (non-hydrogen) atoms. The number of hydrogen-bond acceptors (Lipinski definition) is 5. The third-order valence-corrected chi connectivity index (χ3v) is 8.32. The molecular formula is C12H30O5Si2. The molecule has 0 aliphatic rings. The summed E-state index contributed by atoms with van der Waals surface area (Å²) >= 11 is 0. The van der Waals surface area contributed by atoms with E-state index in [1.807, 2.05) is 34.6 Å². The highest BCUT2D eigenvalue weighted by Gasteiger charge is 2.41. The molecule has 0 unspecified atom stereocenters. The minimum atomic E-state index is -2.54. The van der Waals surface area contributed by atoms with Gasteiger partial charge in [-0.3, -0.25) is 0 Å². The van der Waals surface area contributed by atoms with E-state index in [2.05, 4.69) is 0 Å². The first kappa shape index (κ1) is 19.2. The minimum Gasteiger partial charge on any atom is -0.397 e.